The molecule has 0 heterocycles. The second-order valence-corrected chi connectivity index (χ2v) is 7.86. The van der Waals surface area contributed by atoms with Gasteiger partial charge >= 0.3 is 0 Å². The molecule has 1 aliphatic rings. The highest BCUT2D eigenvalue weighted by Crippen LogP contribution is 2.43. The van der Waals surface area contributed by atoms with Gasteiger partial charge in [0.05, 0.1) is 19.8 Å². The van der Waals surface area contributed by atoms with E-state index in [0.717, 1.165) is 30.1 Å². The number of benzene rings is 2. The van der Waals surface area contributed by atoms with Gasteiger partial charge in [-0.1, -0.05) is 43.2 Å². The lowest BCUT2D eigenvalue weighted by Gasteiger charge is -2.41. The average Bonchev–Trinajstić information content (AvgIpc) is 2.67. The average molecular weight is 358 g/mol. The summed E-state index contributed by atoms with van der Waals surface area (Å²) in [5.41, 5.74) is 9.16. The number of ether oxygens (including phenoxy) is 2. The van der Waals surface area contributed by atoms with Crippen LogP contribution in [0, 0.1) is 0 Å². The maximum absolute atomic E-state index is 6.93. The van der Waals surface area contributed by atoms with E-state index in [1.807, 2.05) is 17.8 Å². The summed E-state index contributed by atoms with van der Waals surface area (Å²) in [5, 5.41) is 0.417. The zero-order valence-corrected chi connectivity index (χ0v) is 15.9. The smallest absolute Gasteiger partial charge is 0.122 e. The third-order valence-corrected chi connectivity index (χ3v) is 6.61. The molecule has 0 radical (unpaired) electrons. The Kier molecular flexibility index (Phi) is 5.92. The predicted molar refractivity (Wildman–Crippen MR) is 105 cm³/mol. The van der Waals surface area contributed by atoms with Gasteiger partial charge in [-0.05, 0) is 36.1 Å². The molecule has 0 saturated heterocycles. The van der Waals surface area contributed by atoms with E-state index < -0.39 is 0 Å². The van der Waals surface area contributed by atoms with Gasteiger partial charge < -0.3 is 15.2 Å². The largest absolute Gasteiger partial charge is 0.497 e. The fraction of sp³-hybridized carbons (Fsp3) is 0.429. The highest BCUT2D eigenvalue weighted by molar-refractivity contribution is 7.99. The van der Waals surface area contributed by atoms with Crippen LogP contribution in [0.3, 0.4) is 0 Å². The Labute approximate surface area is 154 Å². The van der Waals surface area contributed by atoms with Gasteiger partial charge in [0.2, 0.25) is 0 Å². The minimum absolute atomic E-state index is 0.243. The van der Waals surface area contributed by atoms with Crippen molar-refractivity contribution in [1.82, 2.24) is 0 Å². The van der Waals surface area contributed by atoms with Crippen molar-refractivity contribution in [3.05, 3.63) is 59.7 Å². The van der Waals surface area contributed by atoms with E-state index in [1.165, 1.54) is 24.0 Å². The molecule has 25 heavy (non-hydrogen) atoms. The molecule has 2 aromatic rings. The van der Waals surface area contributed by atoms with E-state index >= 15 is 0 Å². The summed E-state index contributed by atoms with van der Waals surface area (Å²) in [5.74, 6) is 2.57. The molecule has 2 unspecified atom stereocenters. The van der Waals surface area contributed by atoms with Crippen molar-refractivity contribution in [2.24, 2.45) is 5.73 Å². The highest BCUT2D eigenvalue weighted by Gasteiger charge is 2.38. The van der Waals surface area contributed by atoms with E-state index in [-0.39, 0.29) is 5.54 Å². The monoisotopic (exact) mass is 357 g/mol. The number of rotatable bonds is 6. The van der Waals surface area contributed by atoms with Crippen LogP contribution < -0.4 is 15.2 Å². The van der Waals surface area contributed by atoms with Crippen molar-refractivity contribution in [3.8, 4) is 11.5 Å². The van der Waals surface area contributed by atoms with Crippen molar-refractivity contribution in [2.75, 3.05) is 14.2 Å². The summed E-state index contributed by atoms with van der Waals surface area (Å²) in [6.45, 7) is 0. The standard InChI is InChI=1S/C21H27NO2S/c1-23-18-12-16(13-19(14-18)24-2)15-25-20-10-6-7-11-21(20,22)17-8-4-3-5-9-17/h3-5,8-9,12-14,20H,6-7,10-11,15,22H2,1-2H3. The molecular formula is C21H27NO2S. The lowest BCUT2D eigenvalue weighted by molar-refractivity contribution is 0.314. The maximum atomic E-state index is 6.93. The second-order valence-electron chi connectivity index (χ2n) is 6.67. The van der Waals surface area contributed by atoms with Crippen LogP contribution in [-0.4, -0.2) is 19.5 Å². The van der Waals surface area contributed by atoms with Gasteiger partial charge in [-0.25, -0.2) is 0 Å². The number of hydrogen-bond donors (Lipinski definition) is 1. The quantitative estimate of drug-likeness (QED) is 0.811. The van der Waals surface area contributed by atoms with E-state index in [4.69, 9.17) is 15.2 Å². The van der Waals surface area contributed by atoms with Gasteiger partial charge in [-0.3, -0.25) is 0 Å². The third kappa shape index (κ3) is 4.13. The van der Waals surface area contributed by atoms with E-state index in [1.54, 1.807) is 14.2 Å². The molecule has 0 amide bonds. The maximum Gasteiger partial charge on any atom is 0.122 e. The second kappa shape index (κ2) is 8.15. The molecule has 3 nitrogen and oxygen atoms in total. The lowest BCUT2D eigenvalue weighted by Crippen LogP contribution is -2.48. The zero-order valence-electron chi connectivity index (χ0n) is 15.0. The summed E-state index contributed by atoms with van der Waals surface area (Å²) in [6.07, 6.45) is 4.67. The van der Waals surface area contributed by atoms with Gasteiger partial charge in [-0.2, -0.15) is 11.8 Å². The van der Waals surface area contributed by atoms with Crippen LogP contribution in [0.5, 0.6) is 11.5 Å². The third-order valence-electron chi connectivity index (χ3n) is 5.05. The van der Waals surface area contributed by atoms with Crippen LogP contribution in [0.25, 0.3) is 0 Å². The Morgan fingerprint density at radius 1 is 1.04 bits per heavy atom. The Hall–Kier alpha value is -1.65. The molecule has 0 spiro atoms. The summed E-state index contributed by atoms with van der Waals surface area (Å²) in [7, 11) is 3.38. The topological polar surface area (TPSA) is 44.5 Å². The van der Waals surface area contributed by atoms with Crippen LogP contribution in [0.15, 0.2) is 48.5 Å². The van der Waals surface area contributed by atoms with E-state index in [2.05, 4.69) is 42.5 Å². The summed E-state index contributed by atoms with van der Waals surface area (Å²) >= 11 is 1.95. The summed E-state index contributed by atoms with van der Waals surface area (Å²) in [6, 6.07) is 16.7. The van der Waals surface area contributed by atoms with Crippen molar-refractivity contribution in [2.45, 2.75) is 42.2 Å². The lowest BCUT2D eigenvalue weighted by atomic mass is 9.77. The Morgan fingerprint density at radius 2 is 1.72 bits per heavy atom. The molecule has 2 N–H and O–H groups in total. The molecule has 0 aliphatic heterocycles. The van der Waals surface area contributed by atoms with E-state index in [0.29, 0.717) is 5.25 Å². The zero-order chi connectivity index (χ0) is 17.7. The van der Waals surface area contributed by atoms with Crippen LogP contribution >= 0.6 is 11.8 Å². The Bertz CT molecular complexity index is 669. The van der Waals surface area contributed by atoms with Gasteiger partial charge in [-0.15, -0.1) is 0 Å². The van der Waals surface area contributed by atoms with Crippen molar-refractivity contribution >= 4 is 11.8 Å². The summed E-state index contributed by atoms with van der Waals surface area (Å²) < 4.78 is 10.8. The van der Waals surface area contributed by atoms with Gasteiger partial charge in [0.15, 0.2) is 0 Å². The fourth-order valence-corrected chi connectivity index (χ4v) is 5.07. The first-order valence-corrected chi connectivity index (χ1v) is 9.88. The fourth-order valence-electron chi connectivity index (χ4n) is 3.62. The molecule has 1 fully saturated rings. The number of thioether (sulfide) groups is 1. The van der Waals surface area contributed by atoms with Crippen LogP contribution in [0.1, 0.15) is 36.8 Å². The molecule has 3 rings (SSSR count). The van der Waals surface area contributed by atoms with Gasteiger partial charge in [0.25, 0.3) is 0 Å². The Balaban J connectivity index is 1.77. The molecule has 0 bridgehead atoms. The minimum Gasteiger partial charge on any atom is -0.497 e. The SMILES string of the molecule is COc1cc(CSC2CCCCC2(N)c2ccccc2)cc(OC)c1. The molecular weight excluding hydrogens is 330 g/mol. The first kappa shape index (κ1) is 18.2. The van der Waals surface area contributed by atoms with Crippen molar-refractivity contribution < 1.29 is 9.47 Å². The Morgan fingerprint density at radius 3 is 2.36 bits per heavy atom. The summed E-state index contributed by atoms with van der Waals surface area (Å²) in [4.78, 5) is 0. The molecule has 134 valence electrons. The molecule has 4 heteroatoms. The molecule has 1 saturated carbocycles. The molecule has 2 aromatic carbocycles. The minimum atomic E-state index is -0.243. The number of methoxy groups -OCH3 is 2. The first-order valence-electron chi connectivity index (χ1n) is 8.83. The van der Waals surface area contributed by atoms with E-state index in [9.17, 15) is 0 Å². The van der Waals surface area contributed by atoms with Crippen molar-refractivity contribution in [3.63, 3.8) is 0 Å². The van der Waals surface area contributed by atoms with Crippen LogP contribution in [0.4, 0.5) is 0 Å². The van der Waals surface area contributed by atoms with Crippen LogP contribution in [-0.2, 0) is 11.3 Å². The number of hydrogen-bond acceptors (Lipinski definition) is 4. The van der Waals surface area contributed by atoms with Crippen LogP contribution in [0.2, 0.25) is 0 Å². The number of nitrogens with two attached hydrogens (primary N) is 1. The predicted octanol–water partition coefficient (Wildman–Crippen LogP) is 4.73. The molecule has 0 aromatic heterocycles. The van der Waals surface area contributed by atoms with Gasteiger partial charge in [0, 0.05) is 17.1 Å². The van der Waals surface area contributed by atoms with Gasteiger partial charge in [0.1, 0.15) is 11.5 Å². The van der Waals surface area contributed by atoms with Crippen molar-refractivity contribution in [1.29, 1.82) is 0 Å². The first-order chi connectivity index (χ1) is 12.2. The normalized spacial score (nSPS) is 23.2. The molecule has 1 aliphatic carbocycles. The highest BCUT2D eigenvalue weighted by atomic mass is 32.2. The molecule has 2 atom stereocenters.